The number of amides is 2. The van der Waals surface area contributed by atoms with Crippen LogP contribution in [0.1, 0.15) is 32.3 Å². The van der Waals surface area contributed by atoms with E-state index in [1.165, 1.54) is 16.4 Å². The molecule has 0 saturated carbocycles. The highest BCUT2D eigenvalue weighted by atomic mass is 32.2. The lowest BCUT2D eigenvalue weighted by Crippen LogP contribution is -2.53. The van der Waals surface area contributed by atoms with Crippen LogP contribution in [-0.2, 0) is 26.2 Å². The molecule has 0 unspecified atom stereocenters. The number of sulfonamides is 1. The van der Waals surface area contributed by atoms with Crippen molar-refractivity contribution in [3.8, 4) is 0 Å². The fraction of sp³-hybridized carbons (Fsp3) is 0.435. The minimum atomic E-state index is -3.84. The Morgan fingerprint density at radius 3 is 2.45 bits per heavy atom. The third-order valence-corrected chi connectivity index (χ3v) is 7.55. The van der Waals surface area contributed by atoms with Crippen molar-refractivity contribution in [3.05, 3.63) is 60.2 Å². The van der Waals surface area contributed by atoms with E-state index in [4.69, 9.17) is 0 Å². The van der Waals surface area contributed by atoms with E-state index in [0.29, 0.717) is 19.4 Å². The SMILES string of the molecule is CC(C)[C@H](NC(=O)[C@H]1CCCN(S(=O)(=O)c2ccc(F)cc2)C1)C(=O)NCc1ccncc1. The molecule has 2 amide bonds. The lowest BCUT2D eigenvalue weighted by atomic mass is 9.96. The number of carbonyl (C=O) groups excluding carboxylic acids is 2. The summed E-state index contributed by atoms with van der Waals surface area (Å²) in [7, 11) is -3.84. The van der Waals surface area contributed by atoms with Crippen molar-refractivity contribution in [1.82, 2.24) is 19.9 Å². The molecule has 10 heteroatoms. The molecule has 2 atom stereocenters. The Kier molecular flexibility index (Phi) is 8.15. The van der Waals surface area contributed by atoms with Gasteiger partial charge in [-0.15, -0.1) is 0 Å². The Hall–Kier alpha value is -2.85. The van der Waals surface area contributed by atoms with Crippen LogP contribution in [0, 0.1) is 17.7 Å². The van der Waals surface area contributed by atoms with Crippen molar-refractivity contribution >= 4 is 21.8 Å². The number of hydrogen-bond donors (Lipinski definition) is 2. The average molecular weight is 477 g/mol. The second-order valence-electron chi connectivity index (χ2n) is 8.46. The smallest absolute Gasteiger partial charge is 0.243 e. The molecular formula is C23H29FN4O4S. The zero-order chi connectivity index (χ0) is 24.0. The number of halogens is 1. The van der Waals surface area contributed by atoms with Gasteiger partial charge in [0.1, 0.15) is 11.9 Å². The van der Waals surface area contributed by atoms with Crippen LogP contribution >= 0.6 is 0 Å². The fourth-order valence-electron chi connectivity index (χ4n) is 3.74. The number of hydrogen-bond acceptors (Lipinski definition) is 5. The Morgan fingerprint density at radius 2 is 1.82 bits per heavy atom. The number of pyridine rings is 1. The molecule has 1 aromatic carbocycles. The van der Waals surface area contributed by atoms with Gasteiger partial charge in [-0.3, -0.25) is 14.6 Å². The van der Waals surface area contributed by atoms with Crippen LogP contribution in [-0.4, -0.2) is 48.7 Å². The predicted octanol–water partition coefficient (Wildman–Crippen LogP) is 2.08. The minimum absolute atomic E-state index is 0.00892. The predicted molar refractivity (Wildman–Crippen MR) is 121 cm³/mol. The van der Waals surface area contributed by atoms with Gasteiger partial charge in [0.05, 0.1) is 10.8 Å². The van der Waals surface area contributed by atoms with E-state index in [9.17, 15) is 22.4 Å². The molecule has 0 bridgehead atoms. The fourth-order valence-corrected chi connectivity index (χ4v) is 5.26. The van der Waals surface area contributed by atoms with Crippen molar-refractivity contribution in [2.24, 2.45) is 11.8 Å². The topological polar surface area (TPSA) is 108 Å². The van der Waals surface area contributed by atoms with Gasteiger partial charge in [0.25, 0.3) is 0 Å². The molecule has 2 aromatic rings. The van der Waals surface area contributed by atoms with Crippen LogP contribution < -0.4 is 10.6 Å². The number of nitrogens with zero attached hydrogens (tertiary/aromatic N) is 2. The van der Waals surface area contributed by atoms with Crippen LogP contribution in [0.4, 0.5) is 4.39 Å². The number of carbonyl (C=O) groups is 2. The molecule has 2 N–H and O–H groups in total. The van der Waals surface area contributed by atoms with Crippen LogP contribution in [0.15, 0.2) is 53.7 Å². The van der Waals surface area contributed by atoms with Gasteiger partial charge in [0, 0.05) is 32.0 Å². The first-order chi connectivity index (χ1) is 15.7. The summed E-state index contributed by atoms with van der Waals surface area (Å²) in [6.45, 7) is 4.28. The summed E-state index contributed by atoms with van der Waals surface area (Å²) in [5.74, 6) is -1.92. The highest BCUT2D eigenvalue weighted by Gasteiger charge is 2.35. The first-order valence-corrected chi connectivity index (χ1v) is 12.3. The van der Waals surface area contributed by atoms with Gasteiger partial charge >= 0.3 is 0 Å². The highest BCUT2D eigenvalue weighted by molar-refractivity contribution is 7.89. The van der Waals surface area contributed by atoms with Crippen LogP contribution in [0.25, 0.3) is 0 Å². The van der Waals surface area contributed by atoms with Crippen LogP contribution in [0.3, 0.4) is 0 Å². The molecular weight excluding hydrogens is 447 g/mol. The van der Waals surface area contributed by atoms with Crippen molar-refractivity contribution in [2.45, 2.75) is 44.2 Å². The summed E-state index contributed by atoms with van der Waals surface area (Å²) in [6.07, 6.45) is 4.31. The number of rotatable bonds is 8. The molecule has 1 saturated heterocycles. The monoisotopic (exact) mass is 476 g/mol. The number of piperidine rings is 1. The molecule has 178 valence electrons. The summed E-state index contributed by atoms with van der Waals surface area (Å²) in [5.41, 5.74) is 0.890. The molecule has 1 aromatic heterocycles. The number of aromatic nitrogens is 1. The molecule has 1 aliphatic rings. The van der Waals surface area contributed by atoms with Crippen molar-refractivity contribution in [3.63, 3.8) is 0 Å². The Bertz CT molecular complexity index is 1060. The molecule has 0 spiro atoms. The van der Waals surface area contributed by atoms with E-state index in [0.717, 1.165) is 17.7 Å². The zero-order valence-electron chi connectivity index (χ0n) is 18.7. The molecule has 1 fully saturated rings. The second kappa shape index (κ2) is 10.8. The van der Waals surface area contributed by atoms with E-state index in [-0.39, 0.29) is 35.7 Å². The summed E-state index contributed by atoms with van der Waals surface area (Å²) in [4.78, 5) is 29.6. The number of benzene rings is 1. The number of nitrogens with one attached hydrogen (secondary N) is 2. The summed E-state index contributed by atoms with van der Waals surface area (Å²) >= 11 is 0. The molecule has 0 aliphatic carbocycles. The summed E-state index contributed by atoms with van der Waals surface area (Å²) < 4.78 is 40.3. The zero-order valence-corrected chi connectivity index (χ0v) is 19.5. The van der Waals surface area contributed by atoms with Crippen molar-refractivity contribution in [1.29, 1.82) is 0 Å². The molecule has 33 heavy (non-hydrogen) atoms. The summed E-state index contributed by atoms with van der Waals surface area (Å²) in [5, 5.41) is 5.64. The lowest BCUT2D eigenvalue weighted by molar-refractivity contribution is -0.132. The Labute approximate surface area is 193 Å². The van der Waals surface area contributed by atoms with Gasteiger partial charge in [-0.25, -0.2) is 12.8 Å². The van der Waals surface area contributed by atoms with E-state index < -0.39 is 27.8 Å². The van der Waals surface area contributed by atoms with Gasteiger partial charge in [-0.1, -0.05) is 13.8 Å². The lowest BCUT2D eigenvalue weighted by Gasteiger charge is -2.32. The van der Waals surface area contributed by atoms with E-state index >= 15 is 0 Å². The van der Waals surface area contributed by atoms with E-state index in [1.807, 2.05) is 13.8 Å². The standard InChI is InChI=1S/C23H29FN4O4S/c1-16(2)21(23(30)26-14-17-9-11-25-12-10-17)27-22(29)18-4-3-13-28(15-18)33(31,32)20-7-5-19(24)6-8-20/h5-12,16,18,21H,3-4,13-15H2,1-2H3,(H,26,30)(H,27,29)/t18-,21-/m0/s1. The molecule has 2 heterocycles. The van der Waals surface area contributed by atoms with E-state index in [2.05, 4.69) is 15.6 Å². The quantitative estimate of drug-likeness (QED) is 0.607. The van der Waals surface area contributed by atoms with Gasteiger partial charge in [-0.05, 0) is 60.7 Å². The maximum atomic E-state index is 13.2. The largest absolute Gasteiger partial charge is 0.350 e. The van der Waals surface area contributed by atoms with Crippen molar-refractivity contribution in [2.75, 3.05) is 13.1 Å². The molecule has 1 aliphatic heterocycles. The highest BCUT2D eigenvalue weighted by Crippen LogP contribution is 2.24. The summed E-state index contributed by atoms with van der Waals surface area (Å²) in [6, 6.07) is 7.47. The first kappa shape index (κ1) is 24.8. The van der Waals surface area contributed by atoms with Crippen LogP contribution in [0.5, 0.6) is 0 Å². The third kappa shape index (κ3) is 6.35. The maximum absolute atomic E-state index is 13.2. The minimum Gasteiger partial charge on any atom is -0.350 e. The normalized spacial score (nSPS) is 18.0. The van der Waals surface area contributed by atoms with Gasteiger partial charge in [0.15, 0.2) is 0 Å². The first-order valence-electron chi connectivity index (χ1n) is 10.9. The van der Waals surface area contributed by atoms with Crippen LogP contribution in [0.2, 0.25) is 0 Å². The van der Waals surface area contributed by atoms with Gasteiger partial charge < -0.3 is 10.6 Å². The van der Waals surface area contributed by atoms with Crippen molar-refractivity contribution < 1.29 is 22.4 Å². The molecule has 0 radical (unpaired) electrons. The average Bonchev–Trinajstić information content (AvgIpc) is 2.81. The Balaban J connectivity index is 1.63. The molecule has 8 nitrogen and oxygen atoms in total. The van der Waals surface area contributed by atoms with Gasteiger partial charge in [-0.2, -0.15) is 4.31 Å². The second-order valence-corrected chi connectivity index (χ2v) is 10.4. The van der Waals surface area contributed by atoms with Gasteiger partial charge in [0.2, 0.25) is 21.8 Å². The Morgan fingerprint density at radius 1 is 1.15 bits per heavy atom. The third-order valence-electron chi connectivity index (χ3n) is 5.67. The molecule has 3 rings (SSSR count). The maximum Gasteiger partial charge on any atom is 0.243 e. The van der Waals surface area contributed by atoms with E-state index in [1.54, 1.807) is 24.5 Å².